The third-order valence-corrected chi connectivity index (χ3v) is 4.02. The van der Waals surface area contributed by atoms with Crippen molar-refractivity contribution in [1.82, 2.24) is 4.98 Å². The summed E-state index contributed by atoms with van der Waals surface area (Å²) in [4.78, 5) is 5.55. The van der Waals surface area contributed by atoms with Gasteiger partial charge in [-0.2, -0.15) is 0 Å². The van der Waals surface area contributed by atoms with Crippen LogP contribution in [0.25, 0.3) is 0 Å². The second kappa shape index (κ2) is 7.29. The molecule has 0 saturated carbocycles. The fraction of sp³-hybridized carbons (Fsp3) is 0.438. The van der Waals surface area contributed by atoms with Gasteiger partial charge in [0.2, 0.25) is 0 Å². The van der Waals surface area contributed by atoms with Crippen LogP contribution < -0.4 is 5.32 Å². The average Bonchev–Trinajstić information content (AvgIpc) is 2.84. The molecule has 1 aromatic heterocycles. The molecular formula is C16H22N2S. The molecule has 1 N–H and O–H groups in total. The Morgan fingerprint density at radius 1 is 1.11 bits per heavy atom. The number of thiazole rings is 1. The highest BCUT2D eigenvalue weighted by molar-refractivity contribution is 7.15. The molecule has 19 heavy (non-hydrogen) atoms. The zero-order valence-electron chi connectivity index (χ0n) is 11.8. The number of aromatic nitrogens is 1. The maximum atomic E-state index is 4.30. The van der Waals surface area contributed by atoms with E-state index in [0.717, 1.165) is 18.1 Å². The van der Waals surface area contributed by atoms with Gasteiger partial charge in [0.1, 0.15) is 0 Å². The number of benzene rings is 1. The van der Waals surface area contributed by atoms with E-state index >= 15 is 0 Å². The second-order valence-corrected chi connectivity index (χ2v) is 6.11. The maximum absolute atomic E-state index is 4.30. The smallest absolute Gasteiger partial charge is 0.182 e. The molecule has 0 bridgehead atoms. The van der Waals surface area contributed by atoms with Crippen molar-refractivity contribution in [3.63, 3.8) is 0 Å². The third kappa shape index (κ3) is 4.67. The molecule has 0 radical (unpaired) electrons. The van der Waals surface area contributed by atoms with Crippen molar-refractivity contribution in [2.24, 2.45) is 0 Å². The predicted molar refractivity (Wildman–Crippen MR) is 84.1 cm³/mol. The van der Waals surface area contributed by atoms with Crippen LogP contribution in [-0.4, -0.2) is 11.5 Å². The SMILES string of the molecule is CCCCc1ccc(CCNc2ncc(C)s2)cc1. The van der Waals surface area contributed by atoms with Crippen LogP contribution in [0.4, 0.5) is 5.13 Å². The minimum absolute atomic E-state index is 0.946. The molecule has 3 heteroatoms. The topological polar surface area (TPSA) is 24.9 Å². The standard InChI is InChI=1S/C16H22N2S/c1-3-4-5-14-6-8-15(9-7-14)10-11-17-16-18-12-13(2)19-16/h6-9,12H,3-5,10-11H2,1-2H3,(H,17,18). The van der Waals surface area contributed by atoms with Crippen LogP contribution in [-0.2, 0) is 12.8 Å². The molecule has 0 aliphatic heterocycles. The Balaban J connectivity index is 1.76. The first kappa shape index (κ1) is 14.1. The Morgan fingerprint density at radius 3 is 2.37 bits per heavy atom. The molecule has 0 aliphatic rings. The molecule has 2 aromatic rings. The zero-order chi connectivity index (χ0) is 13.5. The number of hydrogen-bond acceptors (Lipinski definition) is 3. The lowest BCUT2D eigenvalue weighted by Gasteiger charge is -2.05. The van der Waals surface area contributed by atoms with Crippen molar-refractivity contribution in [1.29, 1.82) is 0 Å². The van der Waals surface area contributed by atoms with Crippen LogP contribution in [0.2, 0.25) is 0 Å². The van der Waals surface area contributed by atoms with Crippen molar-refractivity contribution in [2.75, 3.05) is 11.9 Å². The maximum Gasteiger partial charge on any atom is 0.182 e. The van der Waals surface area contributed by atoms with Crippen molar-refractivity contribution in [3.8, 4) is 0 Å². The summed E-state index contributed by atoms with van der Waals surface area (Å²) < 4.78 is 0. The molecule has 0 saturated heterocycles. The van der Waals surface area contributed by atoms with E-state index in [0.29, 0.717) is 0 Å². The fourth-order valence-electron chi connectivity index (χ4n) is 2.00. The number of rotatable bonds is 7. The van der Waals surface area contributed by atoms with Gasteiger partial charge in [-0.1, -0.05) is 37.6 Å². The second-order valence-electron chi connectivity index (χ2n) is 4.87. The van der Waals surface area contributed by atoms with Gasteiger partial charge in [0.05, 0.1) is 0 Å². The van der Waals surface area contributed by atoms with Crippen LogP contribution >= 0.6 is 11.3 Å². The van der Waals surface area contributed by atoms with Crippen LogP contribution in [0, 0.1) is 6.92 Å². The number of nitrogens with zero attached hydrogens (tertiary/aromatic N) is 1. The number of nitrogens with one attached hydrogen (secondary N) is 1. The van der Waals surface area contributed by atoms with Crippen molar-refractivity contribution in [3.05, 3.63) is 46.5 Å². The van der Waals surface area contributed by atoms with Crippen LogP contribution in [0.3, 0.4) is 0 Å². The molecule has 0 aliphatic carbocycles. The van der Waals surface area contributed by atoms with Crippen molar-refractivity contribution < 1.29 is 0 Å². The van der Waals surface area contributed by atoms with Crippen LogP contribution in [0.15, 0.2) is 30.5 Å². The summed E-state index contributed by atoms with van der Waals surface area (Å²) >= 11 is 1.71. The molecule has 1 heterocycles. The van der Waals surface area contributed by atoms with E-state index in [1.165, 1.54) is 35.3 Å². The van der Waals surface area contributed by atoms with Gasteiger partial charge in [0, 0.05) is 17.6 Å². The molecule has 2 nitrogen and oxygen atoms in total. The van der Waals surface area contributed by atoms with E-state index in [9.17, 15) is 0 Å². The lowest BCUT2D eigenvalue weighted by Crippen LogP contribution is -2.04. The third-order valence-electron chi connectivity index (χ3n) is 3.15. The van der Waals surface area contributed by atoms with Gasteiger partial charge < -0.3 is 5.32 Å². The summed E-state index contributed by atoms with van der Waals surface area (Å²) in [6.45, 7) is 5.26. The molecule has 0 fully saturated rings. The van der Waals surface area contributed by atoms with E-state index in [1.807, 2.05) is 6.20 Å². The Labute approximate surface area is 119 Å². The summed E-state index contributed by atoms with van der Waals surface area (Å²) in [6, 6.07) is 9.02. The lowest BCUT2D eigenvalue weighted by molar-refractivity contribution is 0.794. The average molecular weight is 274 g/mol. The summed E-state index contributed by atoms with van der Waals surface area (Å²) in [5.74, 6) is 0. The first-order valence-electron chi connectivity index (χ1n) is 7.02. The number of aryl methyl sites for hydroxylation is 2. The van der Waals surface area contributed by atoms with Gasteiger partial charge in [0.15, 0.2) is 5.13 Å². The van der Waals surface area contributed by atoms with E-state index in [1.54, 1.807) is 11.3 Å². The lowest BCUT2D eigenvalue weighted by atomic mass is 10.1. The highest BCUT2D eigenvalue weighted by atomic mass is 32.1. The first-order valence-corrected chi connectivity index (χ1v) is 7.83. The van der Waals surface area contributed by atoms with Crippen molar-refractivity contribution >= 4 is 16.5 Å². The number of anilines is 1. The molecular weight excluding hydrogens is 252 g/mol. The monoisotopic (exact) mass is 274 g/mol. The molecule has 1 aromatic carbocycles. The molecule has 0 spiro atoms. The molecule has 0 amide bonds. The quantitative estimate of drug-likeness (QED) is 0.807. The summed E-state index contributed by atoms with van der Waals surface area (Å²) in [6.07, 6.45) is 6.71. The van der Waals surface area contributed by atoms with Gasteiger partial charge in [-0.3, -0.25) is 0 Å². The highest BCUT2D eigenvalue weighted by Crippen LogP contribution is 2.16. The van der Waals surface area contributed by atoms with Crippen LogP contribution in [0.1, 0.15) is 35.8 Å². The van der Waals surface area contributed by atoms with Gasteiger partial charge in [-0.25, -0.2) is 4.98 Å². The number of unbranched alkanes of at least 4 members (excludes halogenated alkanes) is 1. The van der Waals surface area contributed by atoms with Gasteiger partial charge in [0.25, 0.3) is 0 Å². The summed E-state index contributed by atoms with van der Waals surface area (Å²) in [5, 5.41) is 4.40. The van der Waals surface area contributed by atoms with Gasteiger partial charge in [-0.15, -0.1) is 11.3 Å². The Morgan fingerprint density at radius 2 is 1.79 bits per heavy atom. The zero-order valence-corrected chi connectivity index (χ0v) is 12.6. The fourth-order valence-corrected chi connectivity index (χ4v) is 2.69. The van der Waals surface area contributed by atoms with Crippen LogP contribution in [0.5, 0.6) is 0 Å². The summed E-state index contributed by atoms with van der Waals surface area (Å²) in [7, 11) is 0. The number of hydrogen-bond donors (Lipinski definition) is 1. The normalized spacial score (nSPS) is 10.6. The molecule has 0 atom stereocenters. The van der Waals surface area contributed by atoms with Gasteiger partial charge >= 0.3 is 0 Å². The minimum Gasteiger partial charge on any atom is -0.361 e. The molecule has 102 valence electrons. The molecule has 0 unspecified atom stereocenters. The Hall–Kier alpha value is -1.35. The van der Waals surface area contributed by atoms with E-state index in [-0.39, 0.29) is 0 Å². The predicted octanol–water partition coefficient (Wildman–Crippen LogP) is 4.45. The summed E-state index contributed by atoms with van der Waals surface area (Å²) in [5.41, 5.74) is 2.84. The molecule has 2 rings (SSSR count). The minimum atomic E-state index is 0.946. The Kier molecular flexibility index (Phi) is 5.40. The first-order chi connectivity index (χ1) is 9.28. The van der Waals surface area contributed by atoms with E-state index < -0.39 is 0 Å². The van der Waals surface area contributed by atoms with Gasteiger partial charge in [-0.05, 0) is 37.3 Å². The Bertz CT molecular complexity index is 488. The van der Waals surface area contributed by atoms with E-state index in [2.05, 4.69) is 48.4 Å². The van der Waals surface area contributed by atoms with E-state index in [4.69, 9.17) is 0 Å². The van der Waals surface area contributed by atoms with Crippen molar-refractivity contribution in [2.45, 2.75) is 39.5 Å². The highest BCUT2D eigenvalue weighted by Gasteiger charge is 1.98. The largest absolute Gasteiger partial charge is 0.361 e.